The van der Waals surface area contributed by atoms with Crippen LogP contribution in [0, 0.1) is 0 Å². The third-order valence-corrected chi connectivity index (χ3v) is 3.60. The molecule has 1 N–H and O–H groups in total. The van der Waals surface area contributed by atoms with Crippen LogP contribution >= 0.6 is 0 Å². The first-order chi connectivity index (χ1) is 8.85. The quantitative estimate of drug-likeness (QED) is 0.775. The average Bonchev–Trinajstić information content (AvgIpc) is 2.40. The minimum atomic E-state index is 0.531. The van der Waals surface area contributed by atoms with Crippen LogP contribution in [0.25, 0.3) is 0 Å². The summed E-state index contributed by atoms with van der Waals surface area (Å²) in [4.78, 5) is 0. The maximum Gasteiger partial charge on any atom is 0.122 e. The lowest BCUT2D eigenvalue weighted by Gasteiger charge is -2.29. The van der Waals surface area contributed by atoms with Crippen LogP contribution in [0.4, 0.5) is 0 Å². The molecule has 1 heterocycles. The molecule has 0 fully saturated rings. The number of rotatable bonds is 6. The SMILES string of the molecule is C=CCC(CC1CCOc2ccccc21)NCC. The number of benzene rings is 1. The van der Waals surface area contributed by atoms with Gasteiger partial charge in [0.05, 0.1) is 6.61 Å². The maximum absolute atomic E-state index is 5.71. The van der Waals surface area contributed by atoms with Gasteiger partial charge in [0.15, 0.2) is 0 Å². The van der Waals surface area contributed by atoms with Crippen LogP contribution in [0.3, 0.4) is 0 Å². The van der Waals surface area contributed by atoms with Crippen molar-refractivity contribution in [2.75, 3.05) is 13.2 Å². The standard InChI is InChI=1S/C16H23NO/c1-3-7-14(17-4-2)12-13-10-11-18-16-9-6-5-8-15(13)16/h3,5-6,8-9,13-14,17H,1,4,7,10-12H2,2H3. The van der Waals surface area contributed by atoms with E-state index in [0.717, 1.165) is 31.7 Å². The Balaban J connectivity index is 2.07. The Hall–Kier alpha value is -1.28. The van der Waals surface area contributed by atoms with Crippen LogP contribution in [-0.2, 0) is 0 Å². The van der Waals surface area contributed by atoms with E-state index in [1.54, 1.807) is 0 Å². The van der Waals surface area contributed by atoms with Crippen molar-refractivity contribution in [2.24, 2.45) is 0 Å². The van der Waals surface area contributed by atoms with Crippen molar-refractivity contribution in [3.63, 3.8) is 0 Å². The lowest BCUT2D eigenvalue weighted by molar-refractivity contribution is 0.255. The summed E-state index contributed by atoms with van der Waals surface area (Å²) >= 11 is 0. The summed E-state index contributed by atoms with van der Waals surface area (Å²) in [5.41, 5.74) is 1.37. The van der Waals surface area contributed by atoms with Crippen LogP contribution in [0.1, 0.15) is 37.7 Å². The van der Waals surface area contributed by atoms with E-state index in [9.17, 15) is 0 Å². The Labute approximate surface area is 110 Å². The van der Waals surface area contributed by atoms with Gasteiger partial charge in [-0.05, 0) is 43.4 Å². The molecule has 0 aromatic heterocycles. The molecule has 2 nitrogen and oxygen atoms in total. The fraction of sp³-hybridized carbons (Fsp3) is 0.500. The molecule has 2 rings (SSSR count). The molecule has 1 aromatic rings. The highest BCUT2D eigenvalue weighted by Crippen LogP contribution is 2.36. The van der Waals surface area contributed by atoms with Crippen molar-refractivity contribution in [2.45, 2.75) is 38.1 Å². The summed E-state index contributed by atoms with van der Waals surface area (Å²) in [5, 5.41) is 3.55. The zero-order valence-electron chi connectivity index (χ0n) is 11.2. The van der Waals surface area contributed by atoms with Gasteiger partial charge in [-0.2, -0.15) is 0 Å². The largest absolute Gasteiger partial charge is 0.493 e. The summed E-state index contributed by atoms with van der Waals surface area (Å²) in [6.45, 7) is 7.88. The summed E-state index contributed by atoms with van der Waals surface area (Å²) in [6, 6.07) is 8.97. The first-order valence-electron chi connectivity index (χ1n) is 6.91. The maximum atomic E-state index is 5.71. The molecule has 0 saturated heterocycles. The first kappa shape index (κ1) is 13.2. The van der Waals surface area contributed by atoms with Crippen LogP contribution in [0.2, 0.25) is 0 Å². The highest BCUT2D eigenvalue weighted by Gasteiger charge is 2.23. The highest BCUT2D eigenvalue weighted by molar-refractivity contribution is 5.37. The Morgan fingerprint density at radius 2 is 2.33 bits per heavy atom. The van der Waals surface area contributed by atoms with E-state index < -0.39 is 0 Å². The predicted molar refractivity (Wildman–Crippen MR) is 76.2 cm³/mol. The molecule has 1 aliphatic rings. The lowest BCUT2D eigenvalue weighted by atomic mass is 9.86. The predicted octanol–water partition coefficient (Wildman–Crippen LogP) is 3.50. The monoisotopic (exact) mass is 245 g/mol. The third-order valence-electron chi connectivity index (χ3n) is 3.60. The Kier molecular flexibility index (Phi) is 4.82. The second-order valence-corrected chi connectivity index (χ2v) is 4.89. The van der Waals surface area contributed by atoms with Gasteiger partial charge in [-0.3, -0.25) is 0 Å². The third kappa shape index (κ3) is 3.14. The second kappa shape index (κ2) is 6.60. The van der Waals surface area contributed by atoms with Gasteiger partial charge in [0.1, 0.15) is 5.75 Å². The van der Waals surface area contributed by atoms with Gasteiger partial charge < -0.3 is 10.1 Å². The summed E-state index contributed by atoms with van der Waals surface area (Å²) in [6.07, 6.45) is 5.34. The van der Waals surface area contributed by atoms with Crippen molar-refractivity contribution in [1.82, 2.24) is 5.32 Å². The van der Waals surface area contributed by atoms with E-state index in [4.69, 9.17) is 4.74 Å². The first-order valence-corrected chi connectivity index (χ1v) is 6.91. The molecule has 1 aromatic carbocycles. The molecule has 98 valence electrons. The van der Waals surface area contributed by atoms with E-state index in [0.29, 0.717) is 12.0 Å². The number of fused-ring (bicyclic) bond motifs is 1. The van der Waals surface area contributed by atoms with Gasteiger partial charge in [-0.1, -0.05) is 31.2 Å². The van der Waals surface area contributed by atoms with Gasteiger partial charge in [0.25, 0.3) is 0 Å². The molecule has 0 saturated carbocycles. The fourth-order valence-corrected chi connectivity index (χ4v) is 2.76. The molecule has 0 spiro atoms. The van der Waals surface area contributed by atoms with Crippen molar-refractivity contribution in [1.29, 1.82) is 0 Å². The van der Waals surface area contributed by atoms with Crippen molar-refractivity contribution in [3.8, 4) is 5.75 Å². The van der Waals surface area contributed by atoms with Crippen LogP contribution < -0.4 is 10.1 Å². The minimum Gasteiger partial charge on any atom is -0.493 e. The minimum absolute atomic E-state index is 0.531. The van der Waals surface area contributed by atoms with E-state index in [1.807, 2.05) is 12.1 Å². The summed E-state index contributed by atoms with van der Waals surface area (Å²) in [5.74, 6) is 1.68. The Morgan fingerprint density at radius 3 is 3.11 bits per heavy atom. The number of para-hydroxylation sites is 1. The number of hydrogen-bond donors (Lipinski definition) is 1. The topological polar surface area (TPSA) is 21.3 Å². The van der Waals surface area contributed by atoms with Gasteiger partial charge in [0.2, 0.25) is 0 Å². The van der Waals surface area contributed by atoms with E-state index in [-0.39, 0.29) is 0 Å². The van der Waals surface area contributed by atoms with Gasteiger partial charge in [-0.25, -0.2) is 0 Å². The molecule has 2 unspecified atom stereocenters. The Morgan fingerprint density at radius 1 is 1.50 bits per heavy atom. The second-order valence-electron chi connectivity index (χ2n) is 4.89. The molecular weight excluding hydrogens is 222 g/mol. The number of hydrogen-bond acceptors (Lipinski definition) is 2. The average molecular weight is 245 g/mol. The fourth-order valence-electron chi connectivity index (χ4n) is 2.76. The molecule has 2 atom stereocenters. The highest BCUT2D eigenvalue weighted by atomic mass is 16.5. The summed E-state index contributed by atoms with van der Waals surface area (Å²) < 4.78 is 5.71. The van der Waals surface area contributed by atoms with Gasteiger partial charge >= 0.3 is 0 Å². The molecule has 2 heteroatoms. The van der Waals surface area contributed by atoms with E-state index in [2.05, 4.69) is 37.0 Å². The van der Waals surface area contributed by atoms with Gasteiger partial charge in [-0.15, -0.1) is 6.58 Å². The zero-order valence-corrected chi connectivity index (χ0v) is 11.2. The number of nitrogens with one attached hydrogen (secondary N) is 1. The van der Waals surface area contributed by atoms with Crippen molar-refractivity contribution >= 4 is 0 Å². The Bertz CT molecular complexity index is 388. The van der Waals surface area contributed by atoms with E-state index >= 15 is 0 Å². The normalized spacial score (nSPS) is 19.7. The van der Waals surface area contributed by atoms with Crippen molar-refractivity contribution < 1.29 is 4.74 Å². The van der Waals surface area contributed by atoms with Crippen molar-refractivity contribution in [3.05, 3.63) is 42.5 Å². The molecule has 1 aliphatic heterocycles. The smallest absolute Gasteiger partial charge is 0.122 e. The van der Waals surface area contributed by atoms with Crippen LogP contribution in [0.5, 0.6) is 5.75 Å². The lowest BCUT2D eigenvalue weighted by Crippen LogP contribution is -2.31. The molecule has 0 aliphatic carbocycles. The summed E-state index contributed by atoms with van der Waals surface area (Å²) in [7, 11) is 0. The molecule has 18 heavy (non-hydrogen) atoms. The number of ether oxygens (including phenoxy) is 1. The molecular formula is C16H23NO. The molecule has 0 bridgehead atoms. The molecule has 0 radical (unpaired) electrons. The zero-order chi connectivity index (χ0) is 12.8. The molecule has 0 amide bonds. The van der Waals surface area contributed by atoms with E-state index in [1.165, 1.54) is 12.0 Å². The van der Waals surface area contributed by atoms with Gasteiger partial charge in [0, 0.05) is 6.04 Å². The van der Waals surface area contributed by atoms with Crippen LogP contribution in [0.15, 0.2) is 36.9 Å². The van der Waals surface area contributed by atoms with Crippen LogP contribution in [-0.4, -0.2) is 19.2 Å².